The van der Waals surface area contributed by atoms with Crippen LogP contribution in [0.15, 0.2) is 23.1 Å². The third-order valence-corrected chi connectivity index (χ3v) is 3.35. The molecule has 154 valence electrons. The molecule has 0 aliphatic rings. The van der Waals surface area contributed by atoms with Crippen LogP contribution in [0.4, 0.5) is 5.69 Å². The Bertz CT molecular complexity index is 713. The Hall–Kier alpha value is -3.30. The summed E-state index contributed by atoms with van der Waals surface area (Å²) in [6.07, 6.45) is 3.16. The smallest absolute Gasteiger partial charge is 0.287 e. The Morgan fingerprint density at radius 2 is 1.93 bits per heavy atom. The van der Waals surface area contributed by atoms with E-state index in [1.807, 2.05) is 0 Å². The Morgan fingerprint density at radius 1 is 1.25 bits per heavy atom. The zero-order valence-corrected chi connectivity index (χ0v) is 16.2. The van der Waals surface area contributed by atoms with Crippen LogP contribution in [-0.4, -0.2) is 47.4 Å². The van der Waals surface area contributed by atoms with Crippen molar-refractivity contribution < 1.29 is 24.0 Å². The van der Waals surface area contributed by atoms with Crippen LogP contribution in [0.1, 0.15) is 33.6 Å². The van der Waals surface area contributed by atoms with Gasteiger partial charge in [0.1, 0.15) is 12.0 Å². The highest BCUT2D eigenvalue weighted by molar-refractivity contribution is 6.36. The van der Waals surface area contributed by atoms with Crippen molar-refractivity contribution >= 4 is 36.0 Å². The number of nitrogens with zero attached hydrogens (tertiary/aromatic N) is 1. The molecule has 3 N–H and O–H groups in total. The summed E-state index contributed by atoms with van der Waals surface area (Å²) in [6, 6.07) is 2.97. The molecule has 10 heteroatoms. The molecule has 0 saturated carbocycles. The van der Waals surface area contributed by atoms with Gasteiger partial charge in [-0.2, -0.15) is 0 Å². The molecule has 0 aliphatic carbocycles. The molecule has 1 aromatic rings. The highest BCUT2D eigenvalue weighted by Gasteiger charge is 2.14. The van der Waals surface area contributed by atoms with Gasteiger partial charge in [-0.25, -0.2) is 0 Å². The molecule has 1 heterocycles. The minimum atomic E-state index is -0.549. The van der Waals surface area contributed by atoms with Crippen molar-refractivity contribution in [3.63, 3.8) is 0 Å². The van der Waals surface area contributed by atoms with Gasteiger partial charge < -0.3 is 25.3 Å². The van der Waals surface area contributed by atoms with E-state index in [1.165, 1.54) is 23.8 Å². The number of nitrogens with one attached hydrogen (secondary N) is 3. The summed E-state index contributed by atoms with van der Waals surface area (Å²) in [6.45, 7) is 5.42. The fourth-order valence-electron chi connectivity index (χ4n) is 2.07. The normalized spacial score (nSPS) is 10.5. The fraction of sp³-hybridized carbons (Fsp3) is 0.444. The number of anilines is 1. The molecule has 1 unspecified atom stereocenters. The van der Waals surface area contributed by atoms with E-state index in [2.05, 4.69) is 16.0 Å². The maximum atomic E-state index is 11.3. The molecule has 1 rings (SSSR count). The van der Waals surface area contributed by atoms with Crippen LogP contribution < -0.4 is 21.5 Å². The SMILES string of the molecule is CCNC(=O)C(=O)CCC(C)NC(C)=O.O=CCn1cccc(NC=O)c1=O. The van der Waals surface area contributed by atoms with Gasteiger partial charge in [0.2, 0.25) is 18.1 Å². The van der Waals surface area contributed by atoms with Gasteiger partial charge in [-0.1, -0.05) is 0 Å². The molecular formula is C18H26N4O6. The van der Waals surface area contributed by atoms with Crippen molar-refractivity contribution in [2.24, 2.45) is 0 Å². The van der Waals surface area contributed by atoms with E-state index < -0.39 is 11.7 Å². The second-order valence-electron chi connectivity index (χ2n) is 5.73. The number of carbonyl (C=O) groups is 5. The van der Waals surface area contributed by atoms with E-state index in [9.17, 15) is 28.8 Å². The molecule has 28 heavy (non-hydrogen) atoms. The lowest BCUT2D eigenvalue weighted by Crippen LogP contribution is -2.34. The largest absolute Gasteiger partial charge is 0.354 e. The Morgan fingerprint density at radius 3 is 2.46 bits per heavy atom. The van der Waals surface area contributed by atoms with Gasteiger partial charge in [-0.05, 0) is 32.4 Å². The Balaban J connectivity index is 0.000000525. The number of aldehydes is 1. The third kappa shape index (κ3) is 10.00. The Kier molecular flexibility index (Phi) is 12.2. The molecule has 10 nitrogen and oxygen atoms in total. The second-order valence-corrected chi connectivity index (χ2v) is 5.73. The molecule has 0 bridgehead atoms. The van der Waals surface area contributed by atoms with Crippen LogP contribution in [-0.2, 0) is 30.5 Å². The molecule has 3 amide bonds. The number of carbonyl (C=O) groups excluding carboxylic acids is 5. The first-order valence-corrected chi connectivity index (χ1v) is 8.68. The van der Waals surface area contributed by atoms with Crippen LogP contribution in [0, 0.1) is 0 Å². The Labute approximate surface area is 162 Å². The summed E-state index contributed by atoms with van der Waals surface area (Å²) in [5.41, 5.74) is -0.221. The maximum absolute atomic E-state index is 11.3. The third-order valence-electron chi connectivity index (χ3n) is 3.35. The van der Waals surface area contributed by atoms with Crippen LogP contribution in [0.25, 0.3) is 0 Å². The molecule has 0 spiro atoms. The molecule has 1 atom stereocenters. The number of hydrogen-bond donors (Lipinski definition) is 3. The van der Waals surface area contributed by atoms with Gasteiger partial charge in [0, 0.05) is 32.1 Å². The molecule has 0 saturated heterocycles. The van der Waals surface area contributed by atoms with Gasteiger partial charge in [-0.3, -0.25) is 24.0 Å². The highest BCUT2D eigenvalue weighted by Crippen LogP contribution is 1.98. The van der Waals surface area contributed by atoms with Crippen LogP contribution >= 0.6 is 0 Å². The number of likely N-dealkylation sites (N-methyl/N-ethyl adjacent to an activating group) is 1. The van der Waals surface area contributed by atoms with Crippen molar-refractivity contribution in [2.45, 2.75) is 46.2 Å². The predicted molar refractivity (Wildman–Crippen MR) is 103 cm³/mol. The van der Waals surface area contributed by atoms with Crippen molar-refractivity contribution in [1.29, 1.82) is 0 Å². The van der Waals surface area contributed by atoms with Gasteiger partial charge in [-0.15, -0.1) is 0 Å². The molecular weight excluding hydrogens is 368 g/mol. The molecule has 0 fully saturated rings. The lowest BCUT2D eigenvalue weighted by atomic mass is 10.1. The van der Waals surface area contributed by atoms with E-state index in [-0.39, 0.29) is 36.2 Å². The number of amides is 3. The average Bonchev–Trinajstić information content (AvgIpc) is 2.63. The molecule has 0 aromatic carbocycles. The van der Waals surface area contributed by atoms with Gasteiger partial charge in [0.05, 0.1) is 6.54 Å². The van der Waals surface area contributed by atoms with E-state index in [4.69, 9.17) is 0 Å². The molecule has 0 radical (unpaired) electrons. The standard InChI is InChI=1S/C10H18N2O3.C8H8N2O3/c1-4-11-10(15)9(14)6-5-7(2)12-8(3)13;11-5-4-10-3-1-2-7(8(10)13)9-6-12/h7H,4-6H2,1-3H3,(H,11,15)(H,12,13);1-3,5-6H,4H2,(H,9,12). The quantitative estimate of drug-likeness (QED) is 0.364. The number of Topliss-reactive ketones (excluding diaryl/α,β-unsaturated/α-hetero) is 1. The predicted octanol–water partition coefficient (Wildman–Crippen LogP) is -0.388. The topological polar surface area (TPSA) is 143 Å². The summed E-state index contributed by atoms with van der Waals surface area (Å²) < 4.78 is 1.21. The monoisotopic (exact) mass is 394 g/mol. The van der Waals surface area contributed by atoms with Crippen LogP contribution in [0.3, 0.4) is 0 Å². The van der Waals surface area contributed by atoms with Crippen molar-refractivity contribution in [3.05, 3.63) is 28.7 Å². The van der Waals surface area contributed by atoms with E-state index in [1.54, 1.807) is 19.9 Å². The lowest BCUT2D eigenvalue weighted by Gasteiger charge is -2.11. The number of ketones is 1. The first-order chi connectivity index (χ1) is 13.3. The summed E-state index contributed by atoms with van der Waals surface area (Å²) in [7, 11) is 0. The van der Waals surface area contributed by atoms with E-state index in [0.717, 1.165) is 0 Å². The van der Waals surface area contributed by atoms with Gasteiger partial charge in [0.15, 0.2) is 0 Å². The number of hydrogen-bond acceptors (Lipinski definition) is 6. The van der Waals surface area contributed by atoms with Crippen molar-refractivity contribution in [3.8, 4) is 0 Å². The zero-order chi connectivity index (χ0) is 21.5. The minimum Gasteiger partial charge on any atom is -0.354 e. The summed E-state index contributed by atoms with van der Waals surface area (Å²) in [5.74, 6) is -1.12. The summed E-state index contributed by atoms with van der Waals surface area (Å²) in [5, 5.41) is 7.32. The highest BCUT2D eigenvalue weighted by atomic mass is 16.2. The number of pyridine rings is 1. The van der Waals surface area contributed by atoms with E-state index in [0.29, 0.717) is 25.7 Å². The zero-order valence-electron chi connectivity index (χ0n) is 16.2. The summed E-state index contributed by atoms with van der Waals surface area (Å²) in [4.78, 5) is 64.4. The van der Waals surface area contributed by atoms with Crippen LogP contribution in [0.2, 0.25) is 0 Å². The minimum absolute atomic E-state index is 0.00674. The van der Waals surface area contributed by atoms with E-state index >= 15 is 0 Å². The first kappa shape index (κ1) is 24.7. The van der Waals surface area contributed by atoms with Crippen molar-refractivity contribution in [1.82, 2.24) is 15.2 Å². The molecule has 1 aromatic heterocycles. The van der Waals surface area contributed by atoms with Crippen molar-refractivity contribution in [2.75, 3.05) is 11.9 Å². The first-order valence-electron chi connectivity index (χ1n) is 8.68. The maximum Gasteiger partial charge on any atom is 0.287 e. The fourth-order valence-corrected chi connectivity index (χ4v) is 2.07. The lowest BCUT2D eigenvalue weighted by molar-refractivity contribution is -0.138. The summed E-state index contributed by atoms with van der Waals surface area (Å²) >= 11 is 0. The van der Waals surface area contributed by atoms with Gasteiger partial charge in [0.25, 0.3) is 11.5 Å². The van der Waals surface area contributed by atoms with Gasteiger partial charge >= 0.3 is 0 Å². The second kappa shape index (κ2) is 13.8. The number of aromatic nitrogens is 1. The van der Waals surface area contributed by atoms with Crippen LogP contribution in [0.5, 0.6) is 0 Å². The molecule has 0 aliphatic heterocycles. The average molecular weight is 394 g/mol. The number of rotatable bonds is 10.